The predicted molar refractivity (Wildman–Crippen MR) is 78.6 cm³/mol. The van der Waals surface area contributed by atoms with Gasteiger partial charge in [0.25, 0.3) is 0 Å². The zero-order valence-electron chi connectivity index (χ0n) is 12.9. The van der Waals surface area contributed by atoms with E-state index >= 15 is 0 Å². The summed E-state index contributed by atoms with van der Waals surface area (Å²) in [6.07, 6.45) is 6.30. The van der Waals surface area contributed by atoms with Crippen LogP contribution in [0.1, 0.15) is 45.4 Å². The van der Waals surface area contributed by atoms with Crippen LogP contribution in [-0.4, -0.2) is 49.1 Å². The minimum absolute atomic E-state index is 0.0368. The fraction of sp³-hybridized carbons (Fsp3) is 0.875. The zero-order chi connectivity index (χ0) is 14.9. The monoisotopic (exact) mass is 294 g/mol. The molecule has 0 aromatic heterocycles. The molecule has 2 saturated heterocycles. The van der Waals surface area contributed by atoms with Crippen molar-refractivity contribution in [2.24, 2.45) is 11.3 Å². The molecule has 0 aromatic carbocycles. The van der Waals surface area contributed by atoms with Crippen LogP contribution in [0.2, 0.25) is 0 Å². The molecule has 118 valence electrons. The zero-order valence-corrected chi connectivity index (χ0v) is 12.9. The van der Waals surface area contributed by atoms with Crippen molar-refractivity contribution in [3.63, 3.8) is 0 Å². The highest BCUT2D eigenvalue weighted by Gasteiger charge is 2.39. The number of hydrogen-bond acceptors (Lipinski definition) is 3. The van der Waals surface area contributed by atoms with Crippen LogP contribution in [0.5, 0.6) is 0 Å². The summed E-state index contributed by atoms with van der Waals surface area (Å²) in [4.78, 5) is 26.4. The molecule has 2 aliphatic heterocycles. The lowest BCUT2D eigenvalue weighted by Crippen LogP contribution is -2.49. The Hall–Kier alpha value is -1.10. The van der Waals surface area contributed by atoms with Gasteiger partial charge in [-0.3, -0.25) is 9.59 Å². The van der Waals surface area contributed by atoms with Crippen LogP contribution < -0.4 is 5.32 Å². The number of amides is 2. The first-order valence-electron chi connectivity index (χ1n) is 8.22. The Labute approximate surface area is 126 Å². The minimum atomic E-state index is -0.163. The largest absolute Gasteiger partial charge is 0.380 e. The highest BCUT2D eigenvalue weighted by Crippen LogP contribution is 2.29. The first-order chi connectivity index (χ1) is 10.1. The first-order valence-corrected chi connectivity index (χ1v) is 8.22. The Morgan fingerprint density at radius 3 is 2.67 bits per heavy atom. The quantitative estimate of drug-likeness (QED) is 0.851. The normalized spacial score (nSPS) is 29.3. The van der Waals surface area contributed by atoms with Gasteiger partial charge < -0.3 is 15.0 Å². The van der Waals surface area contributed by atoms with Gasteiger partial charge in [-0.15, -0.1) is 0 Å². The third-order valence-corrected chi connectivity index (χ3v) is 5.14. The second-order valence-corrected chi connectivity index (χ2v) is 7.26. The topological polar surface area (TPSA) is 58.6 Å². The molecule has 3 aliphatic rings. The van der Waals surface area contributed by atoms with Gasteiger partial charge in [0.2, 0.25) is 11.8 Å². The van der Waals surface area contributed by atoms with Gasteiger partial charge in [-0.1, -0.05) is 26.2 Å². The Kier molecular flexibility index (Phi) is 4.20. The smallest absolute Gasteiger partial charge is 0.225 e. The molecule has 3 rings (SSSR count). The number of nitrogens with zero attached hydrogens (tertiary/aromatic N) is 1. The average molecular weight is 294 g/mol. The molecule has 2 amide bonds. The standard InChI is InChI=1S/C16H26N2O3/c1-16(10-21-11-16)9-17-15(20)12-7-14(19)18(8-12)13-5-3-2-4-6-13/h12-13H,2-11H2,1H3,(H,17,20)/t12-/m1/s1. The van der Waals surface area contributed by atoms with E-state index < -0.39 is 0 Å². The second kappa shape index (κ2) is 5.95. The molecule has 1 N–H and O–H groups in total. The molecule has 0 bridgehead atoms. The molecular weight excluding hydrogens is 268 g/mol. The van der Waals surface area contributed by atoms with Crippen molar-refractivity contribution in [2.75, 3.05) is 26.3 Å². The summed E-state index contributed by atoms with van der Waals surface area (Å²) >= 11 is 0. The van der Waals surface area contributed by atoms with E-state index in [0.717, 1.165) is 12.8 Å². The maximum absolute atomic E-state index is 12.3. The van der Waals surface area contributed by atoms with Crippen molar-refractivity contribution >= 4 is 11.8 Å². The lowest BCUT2D eigenvalue weighted by molar-refractivity contribution is -0.132. The van der Waals surface area contributed by atoms with Crippen LogP contribution >= 0.6 is 0 Å². The Bertz CT molecular complexity index is 414. The number of carbonyl (C=O) groups is 2. The number of hydrogen-bond donors (Lipinski definition) is 1. The van der Waals surface area contributed by atoms with Crippen molar-refractivity contribution in [2.45, 2.75) is 51.5 Å². The molecular formula is C16H26N2O3. The van der Waals surface area contributed by atoms with Crippen LogP contribution in [0.3, 0.4) is 0 Å². The lowest BCUT2D eigenvalue weighted by Gasteiger charge is -2.38. The van der Waals surface area contributed by atoms with Gasteiger partial charge in [0, 0.05) is 31.0 Å². The van der Waals surface area contributed by atoms with Crippen molar-refractivity contribution in [3.8, 4) is 0 Å². The average Bonchev–Trinajstić information content (AvgIpc) is 2.86. The molecule has 1 saturated carbocycles. The highest BCUT2D eigenvalue weighted by atomic mass is 16.5. The summed E-state index contributed by atoms with van der Waals surface area (Å²) in [6, 6.07) is 0.376. The highest BCUT2D eigenvalue weighted by molar-refractivity contribution is 5.89. The van der Waals surface area contributed by atoms with E-state index in [0.29, 0.717) is 38.8 Å². The Morgan fingerprint density at radius 2 is 2.05 bits per heavy atom. The summed E-state index contributed by atoms with van der Waals surface area (Å²) in [5.41, 5.74) is 0.0847. The molecule has 0 unspecified atom stereocenters. The number of rotatable bonds is 4. The summed E-state index contributed by atoms with van der Waals surface area (Å²) in [6.45, 7) is 4.81. The minimum Gasteiger partial charge on any atom is -0.380 e. The summed E-state index contributed by atoms with van der Waals surface area (Å²) < 4.78 is 5.20. The third-order valence-electron chi connectivity index (χ3n) is 5.14. The summed E-state index contributed by atoms with van der Waals surface area (Å²) in [5, 5.41) is 3.01. The Morgan fingerprint density at radius 1 is 1.33 bits per heavy atom. The van der Waals surface area contributed by atoms with Gasteiger partial charge >= 0.3 is 0 Å². The first kappa shape index (κ1) is 14.8. The van der Waals surface area contributed by atoms with Crippen LogP contribution in [-0.2, 0) is 14.3 Å². The van der Waals surface area contributed by atoms with E-state index in [-0.39, 0.29) is 23.1 Å². The van der Waals surface area contributed by atoms with Gasteiger partial charge in [-0.2, -0.15) is 0 Å². The van der Waals surface area contributed by atoms with E-state index in [1.165, 1.54) is 19.3 Å². The predicted octanol–water partition coefficient (Wildman–Crippen LogP) is 1.32. The molecule has 21 heavy (non-hydrogen) atoms. The lowest BCUT2D eigenvalue weighted by atomic mass is 9.88. The molecule has 5 heteroatoms. The number of ether oxygens (including phenoxy) is 1. The molecule has 5 nitrogen and oxygen atoms in total. The van der Waals surface area contributed by atoms with Gasteiger partial charge in [-0.05, 0) is 12.8 Å². The maximum atomic E-state index is 12.3. The number of nitrogens with one attached hydrogen (secondary N) is 1. The van der Waals surface area contributed by atoms with E-state index in [4.69, 9.17) is 4.74 Å². The molecule has 0 aromatic rings. The van der Waals surface area contributed by atoms with Crippen molar-refractivity contribution < 1.29 is 14.3 Å². The molecule has 0 spiro atoms. The van der Waals surface area contributed by atoms with Crippen molar-refractivity contribution in [1.29, 1.82) is 0 Å². The molecule has 2 heterocycles. The Balaban J connectivity index is 1.50. The van der Waals surface area contributed by atoms with Crippen LogP contribution in [0.4, 0.5) is 0 Å². The van der Waals surface area contributed by atoms with Gasteiger partial charge in [0.1, 0.15) is 0 Å². The molecule has 1 aliphatic carbocycles. The fourth-order valence-corrected chi connectivity index (χ4v) is 3.65. The summed E-state index contributed by atoms with van der Waals surface area (Å²) in [7, 11) is 0. The molecule has 3 fully saturated rings. The van der Waals surface area contributed by atoms with Crippen molar-refractivity contribution in [3.05, 3.63) is 0 Å². The van der Waals surface area contributed by atoms with E-state index in [1.54, 1.807) is 0 Å². The van der Waals surface area contributed by atoms with Gasteiger partial charge in [0.15, 0.2) is 0 Å². The fourth-order valence-electron chi connectivity index (χ4n) is 3.65. The number of likely N-dealkylation sites (tertiary alicyclic amines) is 1. The van der Waals surface area contributed by atoms with E-state index in [9.17, 15) is 9.59 Å². The second-order valence-electron chi connectivity index (χ2n) is 7.26. The van der Waals surface area contributed by atoms with Crippen molar-refractivity contribution in [1.82, 2.24) is 10.2 Å². The van der Waals surface area contributed by atoms with Gasteiger partial charge in [0.05, 0.1) is 19.1 Å². The maximum Gasteiger partial charge on any atom is 0.225 e. The van der Waals surface area contributed by atoms with Gasteiger partial charge in [-0.25, -0.2) is 0 Å². The van der Waals surface area contributed by atoms with Crippen LogP contribution in [0.25, 0.3) is 0 Å². The molecule has 0 radical (unpaired) electrons. The molecule has 1 atom stereocenters. The van der Waals surface area contributed by atoms with E-state index in [2.05, 4.69) is 12.2 Å². The third kappa shape index (κ3) is 3.23. The van der Waals surface area contributed by atoms with Crippen LogP contribution in [0.15, 0.2) is 0 Å². The number of carbonyl (C=O) groups excluding carboxylic acids is 2. The van der Waals surface area contributed by atoms with Crippen LogP contribution in [0, 0.1) is 11.3 Å². The van der Waals surface area contributed by atoms with E-state index in [1.807, 2.05) is 4.90 Å². The summed E-state index contributed by atoms with van der Waals surface area (Å²) in [5.74, 6) is 0.0408. The SMILES string of the molecule is CC1(CNC(=O)[C@@H]2CC(=O)N(C3CCCCC3)C2)COC1.